The fraction of sp³-hybridized carbons (Fsp3) is 0.714. The van der Waals surface area contributed by atoms with Crippen molar-refractivity contribution in [2.24, 2.45) is 11.5 Å². The van der Waals surface area contributed by atoms with Crippen LogP contribution >= 0.6 is 0 Å². The number of rotatable bonds is 13. The predicted molar refractivity (Wildman–Crippen MR) is 92.1 cm³/mol. The molecule has 26 heavy (non-hydrogen) atoms. The molecule has 2 aromatic rings. The summed E-state index contributed by atoms with van der Waals surface area (Å²) >= 11 is 0. The highest BCUT2D eigenvalue weighted by molar-refractivity contribution is 6.12. The van der Waals surface area contributed by atoms with Crippen LogP contribution in [0.1, 0.15) is 23.4 Å². The molecule has 142 valence electrons. The predicted octanol–water partition coefficient (Wildman–Crippen LogP) is -1.26. The molecule has 4 N–H and O–H groups in total. The summed E-state index contributed by atoms with van der Waals surface area (Å²) in [5.74, 6) is -0.993. The highest BCUT2D eigenvalue weighted by Gasteiger charge is 2.25. The van der Waals surface area contributed by atoms with Crippen LogP contribution in [0.2, 0.25) is 0 Å². The summed E-state index contributed by atoms with van der Waals surface area (Å²) in [4.78, 5) is 0. The second-order valence-corrected chi connectivity index (χ2v) is 5.54. The largest absolute Gasteiger partial charge is 0.378 e. The van der Waals surface area contributed by atoms with Gasteiger partial charge in [-0.05, 0) is 0 Å². The smallest absolute Gasteiger partial charge is 0.146 e. The van der Waals surface area contributed by atoms with Crippen molar-refractivity contribution in [1.82, 2.24) is 30.0 Å². The summed E-state index contributed by atoms with van der Waals surface area (Å²) in [7, 11) is 5.95. The van der Waals surface area contributed by atoms with E-state index in [1.54, 1.807) is 10.9 Å². The molecule has 0 saturated carbocycles. The molecule has 2 heterocycles. The van der Waals surface area contributed by atoms with Gasteiger partial charge in [0, 0.05) is 25.1 Å². The summed E-state index contributed by atoms with van der Waals surface area (Å²) in [6.45, 7) is 3.63. The molecule has 0 bridgehead atoms. The van der Waals surface area contributed by atoms with Gasteiger partial charge in [-0.25, -0.2) is 13.8 Å². The van der Waals surface area contributed by atoms with Gasteiger partial charge in [-0.15, -0.1) is 10.2 Å². The van der Waals surface area contributed by atoms with E-state index < -0.39 is 12.0 Å². The first-order valence-electron chi connectivity index (χ1n) is 8.41. The van der Waals surface area contributed by atoms with Gasteiger partial charge in [-0.3, -0.25) is 0 Å². The Morgan fingerprint density at radius 3 is 1.96 bits per heavy atom. The van der Waals surface area contributed by atoms with Crippen LogP contribution in [0.15, 0.2) is 12.4 Å². The van der Waals surface area contributed by atoms with Crippen molar-refractivity contribution in [1.29, 1.82) is 0 Å². The number of hydrogen-bond donors (Lipinski definition) is 2. The van der Waals surface area contributed by atoms with E-state index in [0.29, 0.717) is 58.3 Å². The molecule has 0 spiro atoms. The SMILES string of the molecule is [B]C(c1cn(CCOCCN)nn1)C(F)c1cn(CCOCCN)nn1. The molecule has 0 aliphatic heterocycles. The van der Waals surface area contributed by atoms with Crippen LogP contribution < -0.4 is 11.5 Å². The Bertz CT molecular complexity index is 586. The van der Waals surface area contributed by atoms with Crippen molar-refractivity contribution in [3.8, 4) is 0 Å². The minimum atomic E-state index is -1.55. The highest BCUT2D eigenvalue weighted by Crippen LogP contribution is 2.29. The highest BCUT2D eigenvalue weighted by atomic mass is 19.1. The fourth-order valence-corrected chi connectivity index (χ4v) is 2.15. The zero-order valence-corrected chi connectivity index (χ0v) is 14.6. The van der Waals surface area contributed by atoms with Crippen molar-refractivity contribution in [2.75, 3.05) is 39.5 Å². The fourth-order valence-electron chi connectivity index (χ4n) is 2.15. The van der Waals surface area contributed by atoms with Gasteiger partial charge in [-0.2, -0.15) is 0 Å². The molecule has 0 saturated heterocycles. The van der Waals surface area contributed by atoms with Crippen molar-refractivity contribution < 1.29 is 13.9 Å². The van der Waals surface area contributed by atoms with Gasteiger partial charge in [0.05, 0.1) is 59.3 Å². The second-order valence-electron chi connectivity index (χ2n) is 5.54. The first kappa shape index (κ1) is 20.4. The maximum atomic E-state index is 14.6. The summed E-state index contributed by atoms with van der Waals surface area (Å²) in [6.07, 6.45) is 1.54. The third-order valence-electron chi connectivity index (χ3n) is 3.51. The molecular formula is C14H24BFN8O2. The zero-order chi connectivity index (χ0) is 18.8. The number of nitrogens with zero attached hydrogens (tertiary/aromatic N) is 6. The van der Waals surface area contributed by atoms with Gasteiger partial charge >= 0.3 is 0 Å². The van der Waals surface area contributed by atoms with Gasteiger partial charge in [0.1, 0.15) is 11.9 Å². The Balaban J connectivity index is 1.85. The topological polar surface area (TPSA) is 132 Å². The molecule has 10 nitrogen and oxygen atoms in total. The van der Waals surface area contributed by atoms with Crippen LogP contribution in [0.5, 0.6) is 0 Å². The van der Waals surface area contributed by atoms with E-state index in [2.05, 4.69) is 20.6 Å². The zero-order valence-electron chi connectivity index (χ0n) is 14.6. The van der Waals surface area contributed by atoms with Gasteiger partial charge in [0.2, 0.25) is 0 Å². The van der Waals surface area contributed by atoms with E-state index in [1.807, 2.05) is 0 Å². The minimum Gasteiger partial charge on any atom is -0.378 e. The first-order valence-corrected chi connectivity index (χ1v) is 8.41. The summed E-state index contributed by atoms with van der Waals surface area (Å²) < 4.78 is 28.2. The summed E-state index contributed by atoms with van der Waals surface area (Å²) in [6, 6.07) is 0. The number of hydrogen-bond acceptors (Lipinski definition) is 8. The molecule has 2 aromatic heterocycles. The van der Waals surface area contributed by atoms with Crippen molar-refractivity contribution >= 4 is 7.85 Å². The molecule has 0 fully saturated rings. The maximum absolute atomic E-state index is 14.6. The Kier molecular flexibility index (Phi) is 8.61. The third kappa shape index (κ3) is 6.13. The standard InChI is InChI=1S/C14H24BFN8O2/c15-13(11-9-23(21-19-11)3-7-25-5-1-17)14(16)12-10-24(22-20-12)4-8-26-6-2-18/h9-10,13-14H,1-8,17-18H2. The van der Waals surface area contributed by atoms with Crippen LogP contribution in [-0.4, -0.2) is 77.4 Å². The molecular weight excluding hydrogens is 342 g/mol. The maximum Gasteiger partial charge on any atom is 0.146 e. The molecule has 2 rings (SSSR count). The average Bonchev–Trinajstić information content (AvgIpc) is 3.31. The number of halogens is 1. The van der Waals surface area contributed by atoms with E-state index >= 15 is 0 Å². The lowest BCUT2D eigenvalue weighted by atomic mass is 9.80. The van der Waals surface area contributed by atoms with Crippen LogP contribution in [0, 0.1) is 0 Å². The number of aromatic nitrogens is 6. The van der Waals surface area contributed by atoms with Crippen LogP contribution in [-0.2, 0) is 22.6 Å². The van der Waals surface area contributed by atoms with Crippen molar-refractivity contribution in [3.05, 3.63) is 23.8 Å². The van der Waals surface area contributed by atoms with Gasteiger partial charge < -0.3 is 20.9 Å². The molecule has 2 unspecified atom stereocenters. The lowest BCUT2D eigenvalue weighted by molar-refractivity contribution is 0.130. The minimum absolute atomic E-state index is 0.136. The average molecular weight is 366 g/mol. The van der Waals surface area contributed by atoms with E-state index in [9.17, 15) is 4.39 Å². The van der Waals surface area contributed by atoms with E-state index in [-0.39, 0.29) is 5.69 Å². The monoisotopic (exact) mass is 366 g/mol. The van der Waals surface area contributed by atoms with Crippen LogP contribution in [0.3, 0.4) is 0 Å². The van der Waals surface area contributed by atoms with E-state index in [0.717, 1.165) is 0 Å². The molecule has 2 radical (unpaired) electrons. The van der Waals surface area contributed by atoms with Gasteiger partial charge in [0.15, 0.2) is 0 Å². The Morgan fingerprint density at radius 2 is 1.42 bits per heavy atom. The van der Waals surface area contributed by atoms with Gasteiger partial charge in [0.25, 0.3) is 0 Å². The normalized spacial score (nSPS) is 13.8. The number of nitrogens with two attached hydrogens (primary N) is 2. The second kappa shape index (κ2) is 11.0. The van der Waals surface area contributed by atoms with Gasteiger partial charge in [-0.1, -0.05) is 10.4 Å². The molecule has 2 atom stereocenters. The molecule has 0 aromatic carbocycles. The molecule has 0 aliphatic rings. The molecule has 12 heteroatoms. The number of ether oxygens (including phenoxy) is 2. The Labute approximate surface area is 152 Å². The van der Waals surface area contributed by atoms with E-state index in [1.165, 1.54) is 10.9 Å². The van der Waals surface area contributed by atoms with Crippen molar-refractivity contribution in [3.63, 3.8) is 0 Å². The first-order chi connectivity index (χ1) is 12.7. The lowest BCUT2D eigenvalue weighted by Gasteiger charge is -2.11. The van der Waals surface area contributed by atoms with Crippen LogP contribution in [0.25, 0.3) is 0 Å². The Hall–Kier alpha value is -1.89. The third-order valence-corrected chi connectivity index (χ3v) is 3.51. The summed E-state index contributed by atoms with van der Waals surface area (Å²) in [5.41, 5.74) is 11.1. The van der Waals surface area contributed by atoms with Crippen LogP contribution in [0.4, 0.5) is 4.39 Å². The van der Waals surface area contributed by atoms with Crippen molar-refractivity contribution in [2.45, 2.75) is 25.1 Å². The molecule has 0 amide bonds. The lowest BCUT2D eigenvalue weighted by Crippen LogP contribution is -2.13. The quantitative estimate of drug-likeness (QED) is 0.332. The number of alkyl halides is 1. The van der Waals surface area contributed by atoms with E-state index in [4.69, 9.17) is 28.8 Å². The molecule has 0 aliphatic carbocycles. The summed E-state index contributed by atoms with van der Waals surface area (Å²) in [5, 5.41) is 15.5. The Morgan fingerprint density at radius 1 is 0.923 bits per heavy atom.